The zero-order valence-corrected chi connectivity index (χ0v) is 10.5. The minimum Gasteiger partial charge on any atom is -0.506 e. The number of phenolic OH excluding ortho intramolecular Hbond substituents is 1. The second-order valence-electron chi connectivity index (χ2n) is 3.85. The molecule has 2 aromatic carbocycles. The average Bonchev–Trinajstić information content (AvgIpc) is 2.32. The van der Waals surface area contributed by atoms with E-state index in [-0.39, 0.29) is 5.75 Å². The number of aromatic hydroxyl groups is 1. The number of benzene rings is 2. The van der Waals surface area contributed by atoms with Crippen LogP contribution >= 0.6 is 11.6 Å². The van der Waals surface area contributed by atoms with E-state index in [0.29, 0.717) is 5.02 Å². The van der Waals surface area contributed by atoms with Gasteiger partial charge in [0.05, 0.1) is 12.1 Å². The maximum Gasteiger partial charge on any atom is 0.134 e. The first-order valence-corrected chi connectivity index (χ1v) is 5.63. The fourth-order valence-electron chi connectivity index (χ4n) is 1.76. The monoisotopic (exact) mass is 248 g/mol. The molecule has 3 heteroatoms. The van der Waals surface area contributed by atoms with Crippen LogP contribution < -0.4 is 4.74 Å². The summed E-state index contributed by atoms with van der Waals surface area (Å²) in [5, 5.41) is 9.75. The molecule has 0 fully saturated rings. The van der Waals surface area contributed by atoms with E-state index in [0.717, 1.165) is 22.4 Å². The molecular formula is C14H13ClO2. The van der Waals surface area contributed by atoms with Gasteiger partial charge in [-0.05, 0) is 47.9 Å². The summed E-state index contributed by atoms with van der Waals surface area (Å²) in [6, 6.07) is 11.1. The van der Waals surface area contributed by atoms with Crippen molar-refractivity contribution < 1.29 is 9.84 Å². The van der Waals surface area contributed by atoms with Gasteiger partial charge >= 0.3 is 0 Å². The summed E-state index contributed by atoms with van der Waals surface area (Å²) in [6.07, 6.45) is 0. The molecule has 17 heavy (non-hydrogen) atoms. The van der Waals surface area contributed by atoms with Crippen molar-refractivity contribution in [3.05, 3.63) is 47.0 Å². The van der Waals surface area contributed by atoms with Gasteiger partial charge in [0.25, 0.3) is 0 Å². The molecule has 0 aliphatic carbocycles. The minimum atomic E-state index is 0.0987. The smallest absolute Gasteiger partial charge is 0.134 e. The maximum atomic E-state index is 9.39. The van der Waals surface area contributed by atoms with E-state index in [2.05, 4.69) is 0 Å². The van der Waals surface area contributed by atoms with Crippen LogP contribution in [0, 0.1) is 6.92 Å². The Morgan fingerprint density at radius 3 is 2.47 bits per heavy atom. The van der Waals surface area contributed by atoms with Crippen molar-refractivity contribution in [2.75, 3.05) is 7.11 Å². The van der Waals surface area contributed by atoms with Gasteiger partial charge in [0, 0.05) is 0 Å². The van der Waals surface area contributed by atoms with E-state index in [1.165, 1.54) is 0 Å². The molecule has 2 nitrogen and oxygen atoms in total. The third-order valence-corrected chi connectivity index (χ3v) is 2.99. The van der Waals surface area contributed by atoms with Gasteiger partial charge in [0.2, 0.25) is 0 Å². The molecule has 0 aliphatic rings. The molecule has 0 aromatic heterocycles. The summed E-state index contributed by atoms with van der Waals surface area (Å²) in [5.41, 5.74) is 3.16. The number of ether oxygens (including phenoxy) is 1. The lowest BCUT2D eigenvalue weighted by atomic mass is 10.0. The van der Waals surface area contributed by atoms with Crippen molar-refractivity contribution in [1.29, 1.82) is 0 Å². The molecule has 0 saturated carbocycles. The van der Waals surface area contributed by atoms with Gasteiger partial charge in [0.1, 0.15) is 11.5 Å². The Kier molecular flexibility index (Phi) is 3.25. The first-order valence-electron chi connectivity index (χ1n) is 5.25. The lowest BCUT2D eigenvalue weighted by molar-refractivity contribution is 0.414. The molecule has 0 atom stereocenters. The van der Waals surface area contributed by atoms with E-state index in [4.69, 9.17) is 16.3 Å². The number of rotatable bonds is 2. The van der Waals surface area contributed by atoms with E-state index in [1.807, 2.05) is 31.2 Å². The summed E-state index contributed by atoms with van der Waals surface area (Å²) in [7, 11) is 1.64. The lowest BCUT2D eigenvalue weighted by Gasteiger charge is -2.09. The minimum absolute atomic E-state index is 0.0987. The SMILES string of the molecule is COc1ccc(-c2ccc(O)c(Cl)c2)c(C)c1. The first-order chi connectivity index (χ1) is 8.11. The van der Waals surface area contributed by atoms with Crippen LogP contribution in [0.5, 0.6) is 11.5 Å². The zero-order valence-electron chi connectivity index (χ0n) is 9.70. The van der Waals surface area contributed by atoms with Crippen LogP contribution in [0.4, 0.5) is 0 Å². The summed E-state index contributed by atoms with van der Waals surface area (Å²) in [4.78, 5) is 0. The highest BCUT2D eigenvalue weighted by Gasteiger charge is 2.06. The Bertz CT molecular complexity index is 550. The second-order valence-corrected chi connectivity index (χ2v) is 4.25. The van der Waals surface area contributed by atoms with Gasteiger partial charge in [-0.1, -0.05) is 23.7 Å². The second kappa shape index (κ2) is 4.68. The van der Waals surface area contributed by atoms with E-state index in [9.17, 15) is 5.11 Å². The van der Waals surface area contributed by atoms with Gasteiger partial charge < -0.3 is 9.84 Å². The Balaban J connectivity index is 2.49. The highest BCUT2D eigenvalue weighted by molar-refractivity contribution is 6.32. The summed E-state index contributed by atoms with van der Waals surface area (Å²) < 4.78 is 5.16. The number of halogens is 1. The van der Waals surface area contributed by atoms with Crippen molar-refractivity contribution in [2.24, 2.45) is 0 Å². The van der Waals surface area contributed by atoms with Crippen LogP contribution in [0.3, 0.4) is 0 Å². The lowest BCUT2D eigenvalue weighted by Crippen LogP contribution is -1.87. The number of methoxy groups -OCH3 is 1. The molecule has 2 rings (SSSR count). The van der Waals surface area contributed by atoms with Crippen molar-refractivity contribution in [3.63, 3.8) is 0 Å². The molecule has 2 aromatic rings. The van der Waals surface area contributed by atoms with Crippen LogP contribution in [0.1, 0.15) is 5.56 Å². The van der Waals surface area contributed by atoms with Crippen molar-refractivity contribution in [1.82, 2.24) is 0 Å². The number of aryl methyl sites for hydroxylation is 1. The Hall–Kier alpha value is -1.67. The van der Waals surface area contributed by atoms with Crippen LogP contribution in [-0.4, -0.2) is 12.2 Å². The van der Waals surface area contributed by atoms with E-state index >= 15 is 0 Å². The van der Waals surface area contributed by atoms with E-state index < -0.39 is 0 Å². The predicted octanol–water partition coefficient (Wildman–Crippen LogP) is 4.03. The molecule has 0 aliphatic heterocycles. The molecule has 0 spiro atoms. The van der Waals surface area contributed by atoms with Crippen molar-refractivity contribution >= 4 is 11.6 Å². The highest BCUT2D eigenvalue weighted by Crippen LogP contribution is 2.32. The number of hydrogen-bond acceptors (Lipinski definition) is 2. The number of phenols is 1. The normalized spacial score (nSPS) is 10.3. The molecule has 0 amide bonds. The molecule has 0 bridgehead atoms. The topological polar surface area (TPSA) is 29.5 Å². The third kappa shape index (κ3) is 2.37. The molecule has 0 heterocycles. The third-order valence-electron chi connectivity index (χ3n) is 2.69. The summed E-state index contributed by atoms with van der Waals surface area (Å²) >= 11 is 5.90. The van der Waals surface area contributed by atoms with Gasteiger partial charge in [-0.15, -0.1) is 0 Å². The van der Waals surface area contributed by atoms with E-state index in [1.54, 1.807) is 19.2 Å². The quantitative estimate of drug-likeness (QED) is 0.870. The fraction of sp³-hybridized carbons (Fsp3) is 0.143. The van der Waals surface area contributed by atoms with Crippen molar-refractivity contribution in [2.45, 2.75) is 6.92 Å². The highest BCUT2D eigenvalue weighted by atomic mass is 35.5. The van der Waals surface area contributed by atoms with Gasteiger partial charge in [-0.25, -0.2) is 0 Å². The number of hydrogen-bond donors (Lipinski definition) is 1. The van der Waals surface area contributed by atoms with Crippen LogP contribution in [0.2, 0.25) is 5.02 Å². The van der Waals surface area contributed by atoms with Gasteiger partial charge in [-0.3, -0.25) is 0 Å². The molecule has 1 N–H and O–H groups in total. The molecule has 0 radical (unpaired) electrons. The maximum absolute atomic E-state index is 9.39. The largest absolute Gasteiger partial charge is 0.506 e. The van der Waals surface area contributed by atoms with Crippen LogP contribution in [-0.2, 0) is 0 Å². The fourth-order valence-corrected chi connectivity index (χ4v) is 1.94. The summed E-state index contributed by atoms with van der Waals surface area (Å²) in [6.45, 7) is 2.01. The Morgan fingerprint density at radius 2 is 1.88 bits per heavy atom. The van der Waals surface area contributed by atoms with Crippen LogP contribution in [0.15, 0.2) is 36.4 Å². The Labute approximate surface area is 105 Å². The van der Waals surface area contributed by atoms with Crippen LogP contribution in [0.25, 0.3) is 11.1 Å². The van der Waals surface area contributed by atoms with Gasteiger partial charge in [-0.2, -0.15) is 0 Å². The molecule has 88 valence electrons. The molecule has 0 unspecified atom stereocenters. The molecule has 0 saturated heterocycles. The predicted molar refractivity (Wildman–Crippen MR) is 69.8 cm³/mol. The average molecular weight is 249 g/mol. The van der Waals surface area contributed by atoms with Gasteiger partial charge in [0.15, 0.2) is 0 Å². The first kappa shape index (κ1) is 11.8. The molecular weight excluding hydrogens is 236 g/mol. The zero-order chi connectivity index (χ0) is 12.4. The summed E-state index contributed by atoms with van der Waals surface area (Å²) in [5.74, 6) is 0.928. The standard InChI is InChI=1S/C14H13ClO2/c1-9-7-11(17-2)4-5-12(9)10-3-6-14(16)13(15)8-10/h3-8,16H,1-2H3. The Morgan fingerprint density at radius 1 is 1.12 bits per heavy atom. The van der Waals surface area contributed by atoms with Crippen molar-refractivity contribution in [3.8, 4) is 22.6 Å².